The van der Waals surface area contributed by atoms with Crippen molar-refractivity contribution < 1.29 is 80.2 Å². The largest absolute Gasteiger partial charge is 0.472 e. The molecule has 0 aromatic rings. The van der Waals surface area contributed by atoms with Crippen molar-refractivity contribution in [2.75, 3.05) is 39.6 Å². The lowest BCUT2D eigenvalue weighted by molar-refractivity contribution is -0.161. The van der Waals surface area contributed by atoms with Gasteiger partial charge in [0.15, 0.2) is 12.2 Å². The minimum Gasteiger partial charge on any atom is -0.462 e. The lowest BCUT2D eigenvalue weighted by atomic mass is 9.99. The van der Waals surface area contributed by atoms with Crippen molar-refractivity contribution >= 4 is 39.5 Å². The molecular formula is C74H144O17P2. The molecule has 0 aliphatic carbocycles. The highest BCUT2D eigenvalue weighted by atomic mass is 31.2. The summed E-state index contributed by atoms with van der Waals surface area (Å²) in [7, 11) is -9.91. The fourth-order valence-corrected chi connectivity index (χ4v) is 12.7. The average Bonchev–Trinajstić information content (AvgIpc) is 2.25. The molecule has 0 radical (unpaired) electrons. The molecule has 0 saturated heterocycles. The van der Waals surface area contributed by atoms with Crippen molar-refractivity contribution in [2.45, 2.75) is 388 Å². The van der Waals surface area contributed by atoms with E-state index in [9.17, 15) is 43.2 Å². The lowest BCUT2D eigenvalue weighted by Crippen LogP contribution is -2.30. The zero-order valence-electron chi connectivity index (χ0n) is 60.9. The second-order valence-corrected chi connectivity index (χ2v) is 30.8. The molecule has 0 saturated carbocycles. The van der Waals surface area contributed by atoms with Gasteiger partial charge in [0, 0.05) is 25.7 Å². The van der Waals surface area contributed by atoms with Crippen molar-refractivity contribution in [2.24, 2.45) is 23.7 Å². The molecule has 0 aliphatic rings. The standard InChI is InChI=1S/C74H144O17P2/c1-9-65(6)51-43-35-27-23-19-14-12-13-15-20-24-28-38-46-54-71(76)84-60-70(91-74(79)57-49-41-33-31-37-45-53-67(8)11-3)63-89-93(82,83)87-59-68(75)58-86-92(80,81)88-62-69(61-85-72(77)55-47-39-32-30-36-44-52-66(7)10-2)90-73(78)56-48-40-29-25-21-17-16-18-22-26-34-42-50-64(4)5/h64-70,75H,9-63H2,1-8H3,(H,80,81)(H,82,83)/t65?,66?,67?,68-,69+,70+/m0/s1. The molecule has 8 atom stereocenters. The summed E-state index contributed by atoms with van der Waals surface area (Å²) in [5.74, 6) is 0.950. The maximum atomic E-state index is 13.0. The topological polar surface area (TPSA) is 237 Å². The van der Waals surface area contributed by atoms with E-state index in [0.29, 0.717) is 25.7 Å². The van der Waals surface area contributed by atoms with Crippen LogP contribution in [0.1, 0.15) is 370 Å². The molecule has 3 N–H and O–H groups in total. The van der Waals surface area contributed by atoms with Gasteiger partial charge >= 0.3 is 39.5 Å². The Labute approximate surface area is 568 Å². The van der Waals surface area contributed by atoms with E-state index in [1.807, 2.05) is 0 Å². The summed E-state index contributed by atoms with van der Waals surface area (Å²) in [5.41, 5.74) is 0. The molecule has 0 amide bonds. The third-order valence-electron chi connectivity index (χ3n) is 18.2. The first-order chi connectivity index (χ1) is 44.7. The molecule has 0 aromatic carbocycles. The van der Waals surface area contributed by atoms with Crippen LogP contribution in [0, 0.1) is 23.7 Å². The number of aliphatic hydroxyl groups is 1. The number of ether oxygens (including phenoxy) is 4. The number of hydrogen-bond acceptors (Lipinski definition) is 15. The summed E-state index contributed by atoms with van der Waals surface area (Å²) in [6.07, 6.45) is 47.2. The maximum Gasteiger partial charge on any atom is 0.472 e. The predicted octanol–water partition coefficient (Wildman–Crippen LogP) is 21.3. The molecule has 93 heavy (non-hydrogen) atoms. The SMILES string of the molecule is CCC(C)CCCCCCCCCCCCCCCCC(=O)OC[C@H](COP(=O)(O)OC[C@@H](O)COP(=O)(O)OC[C@@H](COC(=O)CCCCCCCCC(C)CC)OC(=O)CCCCCCCCCCCCCCC(C)C)OC(=O)CCCCCCCCC(C)CC. The van der Waals surface area contributed by atoms with E-state index < -0.39 is 97.5 Å². The smallest absolute Gasteiger partial charge is 0.462 e. The Hall–Kier alpha value is -1.94. The molecule has 19 heteroatoms. The summed E-state index contributed by atoms with van der Waals surface area (Å²) in [6.45, 7) is 14.2. The van der Waals surface area contributed by atoms with Gasteiger partial charge in [0.25, 0.3) is 0 Å². The van der Waals surface area contributed by atoms with Crippen LogP contribution in [0.3, 0.4) is 0 Å². The average molecular weight is 1370 g/mol. The number of carbonyl (C=O) groups is 4. The van der Waals surface area contributed by atoms with Crippen molar-refractivity contribution in [1.82, 2.24) is 0 Å². The number of carbonyl (C=O) groups excluding carboxylic acids is 4. The Balaban J connectivity index is 5.20. The molecule has 0 heterocycles. The minimum atomic E-state index is -4.95. The summed E-state index contributed by atoms with van der Waals surface area (Å²) in [4.78, 5) is 72.7. The van der Waals surface area contributed by atoms with Crippen molar-refractivity contribution in [3.05, 3.63) is 0 Å². The molecule has 0 bridgehead atoms. The highest BCUT2D eigenvalue weighted by Crippen LogP contribution is 2.45. The molecule has 0 rings (SSSR count). The quantitative estimate of drug-likeness (QED) is 0.0222. The number of phosphoric acid groups is 2. The normalized spacial score (nSPS) is 15.1. The highest BCUT2D eigenvalue weighted by molar-refractivity contribution is 7.47. The van der Waals surface area contributed by atoms with Gasteiger partial charge in [0.1, 0.15) is 19.3 Å². The highest BCUT2D eigenvalue weighted by Gasteiger charge is 2.30. The van der Waals surface area contributed by atoms with E-state index in [1.54, 1.807) is 0 Å². The first-order valence-electron chi connectivity index (χ1n) is 38.3. The second kappa shape index (κ2) is 63.5. The van der Waals surface area contributed by atoms with Gasteiger partial charge in [0.2, 0.25) is 0 Å². The number of esters is 4. The Morgan fingerprint density at radius 3 is 0.763 bits per heavy atom. The Morgan fingerprint density at radius 1 is 0.301 bits per heavy atom. The predicted molar refractivity (Wildman–Crippen MR) is 377 cm³/mol. The van der Waals surface area contributed by atoms with Crippen LogP contribution in [0.5, 0.6) is 0 Å². The van der Waals surface area contributed by atoms with Crippen molar-refractivity contribution in [1.29, 1.82) is 0 Å². The fourth-order valence-electron chi connectivity index (χ4n) is 11.1. The first kappa shape index (κ1) is 91.1. The van der Waals surface area contributed by atoms with Crippen LogP contribution in [0.4, 0.5) is 0 Å². The fraction of sp³-hybridized carbons (Fsp3) is 0.946. The number of hydrogen-bond donors (Lipinski definition) is 3. The van der Waals surface area contributed by atoms with Gasteiger partial charge in [-0.15, -0.1) is 0 Å². The van der Waals surface area contributed by atoms with E-state index in [0.717, 1.165) is 120 Å². The molecule has 0 aromatic heterocycles. The lowest BCUT2D eigenvalue weighted by Gasteiger charge is -2.21. The second-order valence-electron chi connectivity index (χ2n) is 27.9. The summed E-state index contributed by atoms with van der Waals surface area (Å²) < 4.78 is 68.4. The van der Waals surface area contributed by atoms with Crippen LogP contribution in [0.2, 0.25) is 0 Å². The van der Waals surface area contributed by atoms with Crippen molar-refractivity contribution in [3.63, 3.8) is 0 Å². The summed E-state index contributed by atoms with van der Waals surface area (Å²) >= 11 is 0. The first-order valence-corrected chi connectivity index (χ1v) is 41.3. The van der Waals surface area contributed by atoms with E-state index in [2.05, 4.69) is 55.4 Å². The van der Waals surface area contributed by atoms with Gasteiger partial charge in [-0.2, -0.15) is 0 Å². The van der Waals surface area contributed by atoms with Crippen LogP contribution in [-0.2, 0) is 65.4 Å². The number of rotatable bonds is 71. The third-order valence-corrected chi connectivity index (χ3v) is 20.1. The van der Waals surface area contributed by atoms with Gasteiger partial charge < -0.3 is 33.8 Å². The Morgan fingerprint density at radius 2 is 0.516 bits per heavy atom. The van der Waals surface area contributed by atoms with Gasteiger partial charge in [-0.1, -0.05) is 319 Å². The minimum absolute atomic E-state index is 0.103. The van der Waals surface area contributed by atoms with E-state index in [1.165, 1.54) is 167 Å². The molecule has 5 unspecified atom stereocenters. The molecule has 0 spiro atoms. The van der Waals surface area contributed by atoms with Crippen LogP contribution in [-0.4, -0.2) is 96.7 Å². The van der Waals surface area contributed by atoms with Gasteiger partial charge in [-0.3, -0.25) is 37.3 Å². The number of phosphoric ester groups is 2. The van der Waals surface area contributed by atoms with Gasteiger partial charge in [0.05, 0.1) is 26.4 Å². The third kappa shape index (κ3) is 64.5. The van der Waals surface area contributed by atoms with Crippen LogP contribution >= 0.6 is 15.6 Å². The zero-order valence-corrected chi connectivity index (χ0v) is 62.7. The number of aliphatic hydroxyl groups excluding tert-OH is 1. The monoisotopic (exact) mass is 1370 g/mol. The Bertz CT molecular complexity index is 1840. The van der Waals surface area contributed by atoms with Crippen LogP contribution in [0.15, 0.2) is 0 Å². The van der Waals surface area contributed by atoms with E-state index in [-0.39, 0.29) is 25.7 Å². The van der Waals surface area contributed by atoms with Crippen LogP contribution < -0.4 is 0 Å². The van der Waals surface area contributed by atoms with Gasteiger partial charge in [-0.25, -0.2) is 9.13 Å². The summed E-state index contributed by atoms with van der Waals surface area (Å²) in [5, 5.41) is 10.6. The number of unbranched alkanes of at least 4 members (excludes halogenated alkanes) is 34. The van der Waals surface area contributed by atoms with E-state index in [4.69, 9.17) is 37.0 Å². The molecule has 552 valence electrons. The molecule has 0 fully saturated rings. The maximum absolute atomic E-state index is 13.0. The van der Waals surface area contributed by atoms with Crippen molar-refractivity contribution in [3.8, 4) is 0 Å². The van der Waals surface area contributed by atoms with Crippen LogP contribution in [0.25, 0.3) is 0 Å². The zero-order chi connectivity index (χ0) is 68.9. The molecule has 17 nitrogen and oxygen atoms in total. The molecular weight excluding hydrogens is 1220 g/mol. The van der Waals surface area contributed by atoms with E-state index >= 15 is 0 Å². The summed E-state index contributed by atoms with van der Waals surface area (Å²) in [6, 6.07) is 0. The molecule has 0 aliphatic heterocycles. The van der Waals surface area contributed by atoms with Gasteiger partial charge in [-0.05, 0) is 49.4 Å². The Kier molecular flexibility index (Phi) is 62.2.